The number of aromatic hydroxyl groups is 3. The first-order valence-electron chi connectivity index (χ1n) is 10.5. The third-order valence-corrected chi connectivity index (χ3v) is 4.88. The number of halogens is 1. The summed E-state index contributed by atoms with van der Waals surface area (Å²) in [5, 5.41) is 45.8. The number of nitrogens with zero attached hydrogens (tertiary/aromatic N) is 4. The lowest BCUT2D eigenvalue weighted by atomic mass is 10.1. The van der Waals surface area contributed by atoms with Crippen molar-refractivity contribution in [3.8, 4) is 17.2 Å². The zero-order valence-corrected chi connectivity index (χ0v) is 21.7. The topological polar surface area (TPSA) is 139 Å². The van der Waals surface area contributed by atoms with E-state index < -0.39 is 0 Å². The largest absolute Gasteiger partial charge is 1.00 e. The van der Waals surface area contributed by atoms with E-state index in [0.29, 0.717) is 23.1 Å². The van der Waals surface area contributed by atoms with Crippen LogP contribution in [0.1, 0.15) is 37.5 Å². The fourth-order valence-electron chi connectivity index (χ4n) is 2.81. The minimum atomic E-state index is 0. The summed E-state index contributed by atoms with van der Waals surface area (Å²) in [5.41, 5.74) is 8.94. The van der Waals surface area contributed by atoms with Crippen LogP contribution in [0.4, 0.5) is 0 Å². The zero-order chi connectivity index (χ0) is 24.5. The second kappa shape index (κ2) is 13.2. The van der Waals surface area contributed by atoms with E-state index in [9.17, 15) is 15.3 Å². The van der Waals surface area contributed by atoms with Crippen LogP contribution < -0.4 is 34.8 Å². The Kier molecular flexibility index (Phi) is 10.4. The standard InChI is InChI=1S/C25H26N6O3.HI/c1-16(19-4-10-22(32)11-5-19)26-29-25(30-27-17(2)20-6-12-23(33)13-7-20)31-28-18(3)21-8-14-24(34)15-9-21;/h4-15,32-34H,1-3H3,(H2,29,30,31);1H/b26-16-,27-17-,28-18-;. The first kappa shape index (κ1) is 27.5. The molecule has 0 radical (unpaired) electrons. The van der Waals surface area contributed by atoms with Crippen LogP contribution >= 0.6 is 0 Å². The molecule has 3 aromatic rings. The van der Waals surface area contributed by atoms with Crippen LogP contribution in [0.15, 0.2) is 93.2 Å². The van der Waals surface area contributed by atoms with Gasteiger partial charge in [0.1, 0.15) is 23.0 Å². The summed E-state index contributed by atoms with van der Waals surface area (Å²) in [7, 11) is 0. The van der Waals surface area contributed by atoms with E-state index in [-0.39, 0.29) is 41.2 Å². The molecule has 3 rings (SSSR count). The van der Waals surface area contributed by atoms with Crippen molar-refractivity contribution in [2.45, 2.75) is 20.8 Å². The molecule has 0 aliphatic rings. The summed E-state index contributed by atoms with van der Waals surface area (Å²) >= 11 is 0. The van der Waals surface area contributed by atoms with Gasteiger partial charge in [-0.25, -0.2) is 5.43 Å². The summed E-state index contributed by atoms with van der Waals surface area (Å²) in [4.78, 5) is 0. The van der Waals surface area contributed by atoms with Crippen molar-refractivity contribution in [2.24, 2.45) is 20.4 Å². The lowest BCUT2D eigenvalue weighted by Gasteiger charge is -2.04. The normalized spacial score (nSPS) is 12.8. The van der Waals surface area contributed by atoms with Gasteiger partial charge >= 0.3 is 5.96 Å². The summed E-state index contributed by atoms with van der Waals surface area (Å²) in [6.07, 6.45) is 0. The summed E-state index contributed by atoms with van der Waals surface area (Å²) in [6.45, 7) is 5.48. The maximum absolute atomic E-state index is 9.48. The molecule has 9 nitrogen and oxygen atoms in total. The van der Waals surface area contributed by atoms with Gasteiger partial charge in [-0.3, -0.25) is 0 Å². The molecule has 0 bridgehead atoms. The Morgan fingerprint density at radius 2 is 1.00 bits per heavy atom. The lowest BCUT2D eigenvalue weighted by molar-refractivity contribution is -0.549. The number of nitrogens with two attached hydrogens (primary N) is 1. The number of phenolic OH excluding ortho intramolecular Hbond substituents is 3. The summed E-state index contributed by atoms with van der Waals surface area (Å²) in [5.74, 6) is 0.837. The molecule has 0 heterocycles. The third kappa shape index (κ3) is 8.50. The van der Waals surface area contributed by atoms with Crippen molar-refractivity contribution in [2.75, 3.05) is 0 Å². The number of benzene rings is 3. The van der Waals surface area contributed by atoms with Gasteiger partial charge in [-0.15, -0.1) is 5.10 Å². The molecule has 182 valence electrons. The number of hydrazone groups is 1. The van der Waals surface area contributed by atoms with Gasteiger partial charge in [-0.1, -0.05) is 10.2 Å². The van der Waals surface area contributed by atoms with Gasteiger partial charge in [0.05, 0.1) is 11.4 Å². The third-order valence-electron chi connectivity index (χ3n) is 4.88. The molecule has 0 saturated heterocycles. The molecule has 0 unspecified atom stereocenters. The van der Waals surface area contributed by atoms with E-state index in [4.69, 9.17) is 0 Å². The van der Waals surface area contributed by atoms with Crippen LogP contribution in [0.2, 0.25) is 0 Å². The van der Waals surface area contributed by atoms with Crippen molar-refractivity contribution in [1.29, 1.82) is 0 Å². The zero-order valence-electron chi connectivity index (χ0n) is 19.5. The molecule has 0 saturated carbocycles. The van der Waals surface area contributed by atoms with Gasteiger partial charge in [0.25, 0.3) is 0 Å². The van der Waals surface area contributed by atoms with Crippen molar-refractivity contribution < 1.29 is 44.7 Å². The highest BCUT2D eigenvalue weighted by atomic mass is 127. The Balaban J connectivity index is 0.00000432. The van der Waals surface area contributed by atoms with Crippen molar-refractivity contribution in [3.63, 3.8) is 0 Å². The molecule has 0 aromatic heterocycles. The lowest BCUT2D eigenvalue weighted by Crippen LogP contribution is -3.00. The van der Waals surface area contributed by atoms with E-state index in [1.54, 1.807) is 72.8 Å². The number of hydrogen-bond donors (Lipinski definition) is 5. The Bertz CT molecular complexity index is 1170. The van der Waals surface area contributed by atoms with Crippen LogP contribution in [-0.4, -0.2) is 38.4 Å². The Hall–Kier alpha value is -3.77. The number of hydrogen-bond acceptors (Lipinski definition) is 7. The fraction of sp³-hybridized carbons (Fsp3) is 0.120. The Labute approximate surface area is 220 Å². The monoisotopic (exact) mass is 586 g/mol. The number of quaternary nitrogens is 1. The van der Waals surface area contributed by atoms with Gasteiger partial charge in [-0.2, -0.15) is 10.5 Å². The molecule has 0 fully saturated rings. The first-order chi connectivity index (χ1) is 16.3. The Morgan fingerprint density at radius 1 is 0.600 bits per heavy atom. The SMILES string of the molecule is C/C(=N/N=C(\N/N=C(/C)c1ccc(O)cc1)[NH2+]/N=C(/C)c1ccc(O)cc1)c1ccc(O)cc1.[I-]. The molecule has 10 heteroatoms. The van der Waals surface area contributed by atoms with Crippen LogP contribution in [-0.2, 0) is 0 Å². The minimum absolute atomic E-state index is 0. The molecule has 0 atom stereocenters. The average Bonchev–Trinajstić information content (AvgIpc) is 2.84. The van der Waals surface area contributed by atoms with E-state index in [2.05, 4.69) is 25.8 Å². The highest BCUT2D eigenvalue weighted by molar-refractivity contribution is 6.00. The summed E-state index contributed by atoms with van der Waals surface area (Å²) < 4.78 is 0. The molecule has 0 aliphatic carbocycles. The number of phenols is 3. The quantitative estimate of drug-likeness (QED) is 0.0905. The van der Waals surface area contributed by atoms with Crippen LogP contribution in [0.3, 0.4) is 0 Å². The molecular weight excluding hydrogens is 559 g/mol. The van der Waals surface area contributed by atoms with Crippen molar-refractivity contribution in [1.82, 2.24) is 5.43 Å². The van der Waals surface area contributed by atoms with Crippen molar-refractivity contribution in [3.05, 3.63) is 89.5 Å². The van der Waals surface area contributed by atoms with E-state index in [0.717, 1.165) is 16.7 Å². The van der Waals surface area contributed by atoms with E-state index >= 15 is 0 Å². The molecule has 0 aliphatic heterocycles. The second-order valence-corrected chi connectivity index (χ2v) is 7.46. The molecule has 6 N–H and O–H groups in total. The fourth-order valence-corrected chi connectivity index (χ4v) is 2.81. The van der Waals surface area contributed by atoms with E-state index in [1.165, 1.54) is 5.43 Å². The Morgan fingerprint density at radius 3 is 1.46 bits per heavy atom. The highest BCUT2D eigenvalue weighted by Crippen LogP contribution is 2.12. The predicted octanol–water partition coefficient (Wildman–Crippen LogP) is -0.111. The maximum atomic E-state index is 9.48. The number of guanidine groups is 1. The first-order valence-corrected chi connectivity index (χ1v) is 10.5. The molecule has 0 spiro atoms. The van der Waals surface area contributed by atoms with Gasteiger partial charge in [0.15, 0.2) is 0 Å². The van der Waals surface area contributed by atoms with Gasteiger partial charge in [0, 0.05) is 5.56 Å². The number of nitrogens with one attached hydrogen (secondary N) is 1. The maximum Gasteiger partial charge on any atom is 0.365 e. The smallest absolute Gasteiger partial charge is 0.365 e. The van der Waals surface area contributed by atoms with E-state index in [1.807, 2.05) is 20.8 Å². The average molecular weight is 586 g/mol. The van der Waals surface area contributed by atoms with Crippen LogP contribution in [0.25, 0.3) is 0 Å². The van der Waals surface area contributed by atoms with Crippen LogP contribution in [0.5, 0.6) is 17.2 Å². The van der Waals surface area contributed by atoms with Gasteiger partial charge in [-0.05, 0) is 105 Å². The molecule has 0 amide bonds. The van der Waals surface area contributed by atoms with Crippen LogP contribution in [0, 0.1) is 0 Å². The number of rotatable bonds is 6. The van der Waals surface area contributed by atoms with Crippen molar-refractivity contribution >= 4 is 23.1 Å². The molecule has 35 heavy (non-hydrogen) atoms. The molecule has 3 aromatic carbocycles. The van der Waals surface area contributed by atoms with Gasteiger partial charge < -0.3 is 39.3 Å². The summed E-state index contributed by atoms with van der Waals surface area (Å²) in [6, 6.07) is 20.1. The molecular formula is C25H27IN6O3. The second-order valence-electron chi connectivity index (χ2n) is 7.46. The minimum Gasteiger partial charge on any atom is -1.00 e. The highest BCUT2D eigenvalue weighted by Gasteiger charge is 2.07. The van der Waals surface area contributed by atoms with Gasteiger partial charge in [0.2, 0.25) is 0 Å². The predicted molar refractivity (Wildman–Crippen MR) is 133 cm³/mol.